The molecule has 1 aromatic rings. The number of hydrogen-bond acceptors (Lipinski definition) is 4. The maximum Gasteiger partial charge on any atom is 0.278 e. The first-order valence-corrected chi connectivity index (χ1v) is 3.89. The summed E-state index contributed by atoms with van der Waals surface area (Å²) in [7, 11) is 2.80. The second-order valence-electron chi connectivity index (χ2n) is 2.47. The summed E-state index contributed by atoms with van der Waals surface area (Å²) in [5.41, 5.74) is 0.300. The van der Waals surface area contributed by atoms with Gasteiger partial charge in [0.15, 0.2) is 0 Å². The zero-order valence-electron chi connectivity index (χ0n) is 7.89. The number of nitro benzene ring substituents is 1. The topological polar surface area (TPSA) is 61.6 Å². The molecule has 0 heterocycles. The van der Waals surface area contributed by atoms with Crippen LogP contribution in [-0.4, -0.2) is 19.1 Å². The van der Waals surface area contributed by atoms with Crippen molar-refractivity contribution in [3.05, 3.63) is 46.2 Å². The highest BCUT2D eigenvalue weighted by Gasteiger charge is 2.22. The van der Waals surface area contributed by atoms with E-state index in [2.05, 4.69) is 0 Å². The minimum absolute atomic E-state index is 0.0359. The Labute approximate surface area is 81.4 Å². The second-order valence-corrected chi connectivity index (χ2v) is 2.47. The first-order chi connectivity index (χ1) is 6.70. The smallest absolute Gasteiger partial charge is 0.278 e. The quantitative estimate of drug-likeness (QED) is 0.543. The highest BCUT2D eigenvalue weighted by molar-refractivity contribution is 5.45. The first kappa shape index (κ1) is 10.6. The average molecular weight is 196 g/mol. The predicted octanol–water partition coefficient (Wildman–Crippen LogP) is 1.73. The maximum atomic E-state index is 10.6. The molecule has 0 saturated heterocycles. The molecule has 0 bridgehead atoms. The molecule has 1 rings (SSSR count). The fourth-order valence-corrected chi connectivity index (χ4v) is 1.11. The highest BCUT2D eigenvalue weighted by Crippen LogP contribution is 2.26. The van der Waals surface area contributed by atoms with Crippen molar-refractivity contribution in [2.75, 3.05) is 14.2 Å². The molecule has 0 unspecified atom stereocenters. The summed E-state index contributed by atoms with van der Waals surface area (Å²) in [6.45, 7) is 0. The number of methoxy groups -OCH3 is 2. The lowest BCUT2D eigenvalue weighted by Gasteiger charge is -2.10. The Hall–Kier alpha value is -1.46. The monoisotopic (exact) mass is 196 g/mol. The van der Waals surface area contributed by atoms with Crippen molar-refractivity contribution in [1.82, 2.24) is 0 Å². The van der Waals surface area contributed by atoms with Crippen LogP contribution in [0.5, 0.6) is 0 Å². The van der Waals surface area contributed by atoms with Gasteiger partial charge >= 0.3 is 0 Å². The summed E-state index contributed by atoms with van der Waals surface area (Å²) < 4.78 is 9.73. The summed E-state index contributed by atoms with van der Waals surface area (Å²) >= 11 is 0. The molecule has 5 heteroatoms. The number of nitro groups is 1. The van der Waals surface area contributed by atoms with Gasteiger partial charge in [-0.25, -0.2) is 0 Å². The lowest BCUT2D eigenvalue weighted by molar-refractivity contribution is -0.386. The molecule has 0 spiro atoms. The van der Waals surface area contributed by atoms with Crippen LogP contribution in [0, 0.1) is 16.4 Å². The summed E-state index contributed by atoms with van der Waals surface area (Å²) in [5, 5.41) is 10.6. The van der Waals surface area contributed by atoms with E-state index in [1.165, 1.54) is 20.3 Å². The van der Waals surface area contributed by atoms with Crippen molar-refractivity contribution in [1.29, 1.82) is 0 Å². The van der Waals surface area contributed by atoms with Gasteiger partial charge in [0.05, 0.1) is 10.5 Å². The van der Waals surface area contributed by atoms with E-state index < -0.39 is 4.92 Å². The van der Waals surface area contributed by atoms with E-state index >= 15 is 0 Å². The third-order valence-corrected chi connectivity index (χ3v) is 1.69. The van der Waals surface area contributed by atoms with Crippen LogP contribution in [0.2, 0.25) is 0 Å². The lowest BCUT2D eigenvalue weighted by Crippen LogP contribution is -2.07. The van der Waals surface area contributed by atoms with E-state index in [1.54, 1.807) is 18.2 Å². The first-order valence-electron chi connectivity index (χ1n) is 3.89. The molecule has 0 saturated carbocycles. The van der Waals surface area contributed by atoms with E-state index in [-0.39, 0.29) is 12.0 Å². The Morgan fingerprint density at radius 3 is 2.36 bits per heavy atom. The van der Waals surface area contributed by atoms with E-state index in [4.69, 9.17) is 9.47 Å². The van der Waals surface area contributed by atoms with Gasteiger partial charge in [-0.15, -0.1) is 0 Å². The van der Waals surface area contributed by atoms with Gasteiger partial charge in [-0.1, -0.05) is 12.1 Å². The van der Waals surface area contributed by atoms with E-state index in [9.17, 15) is 10.1 Å². The number of ether oxygens (including phenoxy) is 2. The van der Waals surface area contributed by atoms with Gasteiger partial charge < -0.3 is 9.47 Å². The number of nitrogens with zero attached hydrogens (tertiary/aromatic N) is 1. The SMILES string of the molecule is CO[C](OC)c1ccccc1[N+](=O)[O-]. The molecule has 0 amide bonds. The van der Waals surface area contributed by atoms with Crippen LogP contribution in [0.1, 0.15) is 5.56 Å². The van der Waals surface area contributed by atoms with Gasteiger partial charge in [0, 0.05) is 20.3 Å². The van der Waals surface area contributed by atoms with Crippen molar-refractivity contribution in [2.45, 2.75) is 0 Å². The molecule has 14 heavy (non-hydrogen) atoms. The van der Waals surface area contributed by atoms with Gasteiger partial charge in [0.2, 0.25) is 0 Å². The Morgan fingerprint density at radius 1 is 1.29 bits per heavy atom. The van der Waals surface area contributed by atoms with E-state index in [1.807, 2.05) is 0 Å². The summed E-state index contributed by atoms with van der Waals surface area (Å²) in [6, 6.07) is 6.23. The second kappa shape index (κ2) is 4.69. The molecule has 0 atom stereocenters. The van der Waals surface area contributed by atoms with Crippen LogP contribution in [-0.2, 0) is 9.47 Å². The number of hydrogen-bond donors (Lipinski definition) is 0. The number of rotatable bonds is 4. The lowest BCUT2D eigenvalue weighted by atomic mass is 10.2. The normalized spacial score (nSPS) is 10.5. The van der Waals surface area contributed by atoms with Crippen LogP contribution in [0.15, 0.2) is 24.3 Å². The van der Waals surface area contributed by atoms with Crippen LogP contribution < -0.4 is 0 Å². The molecular formula is C9H10NO4. The van der Waals surface area contributed by atoms with Gasteiger partial charge in [-0.2, -0.15) is 0 Å². The van der Waals surface area contributed by atoms with Gasteiger partial charge in [0.1, 0.15) is 0 Å². The molecule has 0 aromatic heterocycles. The molecule has 0 fully saturated rings. The zero-order valence-corrected chi connectivity index (χ0v) is 7.89. The molecule has 5 nitrogen and oxygen atoms in total. The van der Waals surface area contributed by atoms with Crippen molar-refractivity contribution in [2.24, 2.45) is 0 Å². The standard InChI is InChI=1S/C9H10NO4/c1-13-9(14-2)7-5-3-4-6-8(7)10(11)12/h3-6H,1-2H3. The van der Waals surface area contributed by atoms with Crippen LogP contribution >= 0.6 is 0 Å². The highest BCUT2D eigenvalue weighted by atomic mass is 16.7. The van der Waals surface area contributed by atoms with Crippen molar-refractivity contribution < 1.29 is 14.4 Å². The zero-order chi connectivity index (χ0) is 10.6. The molecule has 0 aliphatic carbocycles. The summed E-state index contributed by atoms with van der Waals surface area (Å²) in [5.74, 6) is 0. The largest absolute Gasteiger partial charge is 0.345 e. The molecule has 1 radical (unpaired) electrons. The molecule has 75 valence electrons. The molecule has 1 aromatic carbocycles. The molecule has 0 N–H and O–H groups in total. The maximum absolute atomic E-state index is 10.6. The van der Waals surface area contributed by atoms with Gasteiger partial charge in [0.25, 0.3) is 12.0 Å². The predicted molar refractivity (Wildman–Crippen MR) is 49.5 cm³/mol. The molecule has 0 aliphatic rings. The minimum Gasteiger partial charge on any atom is -0.345 e. The van der Waals surface area contributed by atoms with Crippen molar-refractivity contribution in [3.8, 4) is 0 Å². The fourth-order valence-electron chi connectivity index (χ4n) is 1.11. The Morgan fingerprint density at radius 2 is 1.86 bits per heavy atom. The Bertz CT molecular complexity index is 322. The minimum atomic E-state index is -0.479. The van der Waals surface area contributed by atoms with Crippen molar-refractivity contribution in [3.63, 3.8) is 0 Å². The Balaban J connectivity index is 3.11. The van der Waals surface area contributed by atoms with Crippen LogP contribution in [0.3, 0.4) is 0 Å². The third-order valence-electron chi connectivity index (χ3n) is 1.69. The van der Waals surface area contributed by atoms with E-state index in [0.29, 0.717) is 5.56 Å². The molecule has 0 aliphatic heterocycles. The summed E-state index contributed by atoms with van der Waals surface area (Å²) in [6.07, 6.45) is 0.136. The molecular weight excluding hydrogens is 186 g/mol. The number of benzene rings is 1. The van der Waals surface area contributed by atoms with Crippen LogP contribution in [0.4, 0.5) is 5.69 Å². The van der Waals surface area contributed by atoms with E-state index in [0.717, 1.165) is 0 Å². The van der Waals surface area contributed by atoms with Gasteiger partial charge in [-0.3, -0.25) is 10.1 Å². The fraction of sp³-hybridized carbons (Fsp3) is 0.222. The average Bonchev–Trinajstić information content (AvgIpc) is 2.20. The van der Waals surface area contributed by atoms with Crippen molar-refractivity contribution >= 4 is 5.69 Å². The third kappa shape index (κ3) is 2.07. The Kier molecular flexibility index (Phi) is 3.55. The number of para-hydroxylation sites is 1. The van der Waals surface area contributed by atoms with Crippen LogP contribution in [0.25, 0.3) is 0 Å². The summed E-state index contributed by atoms with van der Waals surface area (Å²) in [4.78, 5) is 10.2. The van der Waals surface area contributed by atoms with Gasteiger partial charge in [-0.05, 0) is 6.07 Å².